The van der Waals surface area contributed by atoms with Gasteiger partial charge in [0.1, 0.15) is 22.4 Å². The molecule has 2 aromatic heterocycles. The van der Waals surface area contributed by atoms with E-state index in [0.29, 0.717) is 5.00 Å². The van der Waals surface area contributed by atoms with E-state index in [9.17, 15) is 4.79 Å². The SMILES string of the molecule is COc1ccccc1-c1ncc(NC(=O)OCc2ccc3c(c2)ncn3C)s1. The van der Waals surface area contributed by atoms with E-state index in [1.165, 1.54) is 11.3 Å². The molecule has 0 aliphatic carbocycles. The van der Waals surface area contributed by atoms with E-state index in [-0.39, 0.29) is 6.61 Å². The highest BCUT2D eigenvalue weighted by Gasteiger charge is 2.12. The molecule has 4 aromatic rings. The number of amides is 1. The molecule has 0 saturated carbocycles. The van der Waals surface area contributed by atoms with Crippen molar-refractivity contribution in [2.75, 3.05) is 12.4 Å². The van der Waals surface area contributed by atoms with Crippen molar-refractivity contribution in [1.29, 1.82) is 0 Å². The van der Waals surface area contributed by atoms with Crippen molar-refractivity contribution in [1.82, 2.24) is 14.5 Å². The van der Waals surface area contributed by atoms with E-state index >= 15 is 0 Å². The Labute approximate surface area is 165 Å². The third kappa shape index (κ3) is 3.67. The number of para-hydroxylation sites is 1. The number of hydrogen-bond donors (Lipinski definition) is 1. The van der Waals surface area contributed by atoms with Crippen molar-refractivity contribution in [3.63, 3.8) is 0 Å². The first-order valence-electron chi connectivity index (χ1n) is 8.57. The van der Waals surface area contributed by atoms with Crippen LogP contribution < -0.4 is 10.1 Å². The lowest BCUT2D eigenvalue weighted by molar-refractivity contribution is 0.155. The number of imidazole rings is 1. The Balaban J connectivity index is 1.39. The Morgan fingerprint density at radius 1 is 1.21 bits per heavy atom. The molecule has 8 heteroatoms. The van der Waals surface area contributed by atoms with Crippen LogP contribution in [0.15, 0.2) is 55.0 Å². The maximum absolute atomic E-state index is 12.1. The summed E-state index contributed by atoms with van der Waals surface area (Å²) in [5.74, 6) is 0.732. The molecule has 28 heavy (non-hydrogen) atoms. The van der Waals surface area contributed by atoms with Crippen LogP contribution in [0.2, 0.25) is 0 Å². The Hall–Kier alpha value is -3.39. The van der Waals surface area contributed by atoms with Gasteiger partial charge in [0.25, 0.3) is 0 Å². The lowest BCUT2D eigenvalue weighted by Crippen LogP contribution is -2.12. The summed E-state index contributed by atoms with van der Waals surface area (Å²) in [6.07, 6.45) is 2.83. The van der Waals surface area contributed by atoms with Gasteiger partial charge in [0.2, 0.25) is 0 Å². The first-order chi connectivity index (χ1) is 13.6. The zero-order chi connectivity index (χ0) is 19.5. The highest BCUT2D eigenvalue weighted by molar-refractivity contribution is 7.19. The molecule has 2 heterocycles. The highest BCUT2D eigenvalue weighted by atomic mass is 32.1. The smallest absolute Gasteiger partial charge is 0.412 e. The number of anilines is 1. The maximum atomic E-state index is 12.1. The van der Waals surface area contributed by atoms with Gasteiger partial charge in [-0.05, 0) is 29.8 Å². The summed E-state index contributed by atoms with van der Waals surface area (Å²) in [4.78, 5) is 20.8. The first-order valence-corrected chi connectivity index (χ1v) is 9.38. The van der Waals surface area contributed by atoms with Gasteiger partial charge >= 0.3 is 6.09 Å². The molecular weight excluding hydrogens is 376 g/mol. The molecule has 0 spiro atoms. The fourth-order valence-corrected chi connectivity index (χ4v) is 3.67. The van der Waals surface area contributed by atoms with Crippen molar-refractivity contribution in [2.24, 2.45) is 7.05 Å². The summed E-state index contributed by atoms with van der Waals surface area (Å²) in [6.45, 7) is 0.163. The number of aromatic nitrogens is 3. The van der Waals surface area contributed by atoms with Crippen LogP contribution >= 0.6 is 11.3 Å². The number of aryl methyl sites for hydroxylation is 1. The van der Waals surface area contributed by atoms with Crippen LogP contribution in [0.4, 0.5) is 9.80 Å². The van der Waals surface area contributed by atoms with Gasteiger partial charge in [-0.2, -0.15) is 0 Å². The number of hydrogen-bond acceptors (Lipinski definition) is 6. The molecule has 142 valence electrons. The molecule has 2 aromatic carbocycles. The number of nitrogens with zero attached hydrogens (tertiary/aromatic N) is 3. The van der Waals surface area contributed by atoms with Crippen LogP contribution in [0.1, 0.15) is 5.56 Å². The number of carbonyl (C=O) groups is 1. The van der Waals surface area contributed by atoms with Crippen molar-refractivity contribution in [2.45, 2.75) is 6.61 Å². The van der Waals surface area contributed by atoms with Gasteiger partial charge in [-0.25, -0.2) is 14.8 Å². The van der Waals surface area contributed by atoms with Crippen molar-refractivity contribution < 1.29 is 14.3 Å². The molecule has 0 aliphatic rings. The second kappa shape index (κ2) is 7.69. The Kier molecular flexibility index (Phi) is 4.94. The lowest BCUT2D eigenvalue weighted by atomic mass is 10.2. The molecule has 0 fully saturated rings. The summed E-state index contributed by atoms with van der Waals surface area (Å²) in [5.41, 5.74) is 3.65. The maximum Gasteiger partial charge on any atom is 0.412 e. The van der Waals surface area contributed by atoms with Crippen LogP contribution in [0.3, 0.4) is 0 Å². The number of nitrogens with one attached hydrogen (secondary N) is 1. The molecule has 0 unspecified atom stereocenters. The van der Waals surface area contributed by atoms with E-state index in [1.54, 1.807) is 19.6 Å². The monoisotopic (exact) mass is 394 g/mol. The fraction of sp³-hybridized carbons (Fsp3) is 0.150. The number of methoxy groups -OCH3 is 1. The molecule has 7 nitrogen and oxygen atoms in total. The molecule has 1 amide bonds. The van der Waals surface area contributed by atoms with Gasteiger partial charge in [-0.15, -0.1) is 0 Å². The van der Waals surface area contributed by atoms with Crippen LogP contribution in [0.5, 0.6) is 5.75 Å². The van der Waals surface area contributed by atoms with Gasteiger partial charge in [0, 0.05) is 7.05 Å². The van der Waals surface area contributed by atoms with E-state index in [2.05, 4.69) is 15.3 Å². The van der Waals surface area contributed by atoms with Gasteiger partial charge in [-0.1, -0.05) is 29.5 Å². The molecule has 0 bridgehead atoms. The minimum Gasteiger partial charge on any atom is -0.496 e. The molecule has 0 radical (unpaired) electrons. The van der Waals surface area contributed by atoms with Gasteiger partial charge in [0.05, 0.1) is 36.2 Å². The molecule has 4 rings (SSSR count). The average Bonchev–Trinajstić information content (AvgIpc) is 3.33. The van der Waals surface area contributed by atoms with E-state index < -0.39 is 6.09 Å². The number of carbonyl (C=O) groups excluding carboxylic acids is 1. The predicted molar refractivity (Wildman–Crippen MR) is 109 cm³/mol. The number of ether oxygens (including phenoxy) is 2. The van der Waals surface area contributed by atoms with Crippen LogP contribution in [0, 0.1) is 0 Å². The zero-order valence-corrected chi connectivity index (χ0v) is 16.2. The quantitative estimate of drug-likeness (QED) is 0.541. The van der Waals surface area contributed by atoms with Gasteiger partial charge < -0.3 is 14.0 Å². The third-order valence-electron chi connectivity index (χ3n) is 4.23. The van der Waals surface area contributed by atoms with Crippen molar-refractivity contribution >= 4 is 33.5 Å². The molecule has 0 aliphatic heterocycles. The number of benzene rings is 2. The molecule has 1 N–H and O–H groups in total. The topological polar surface area (TPSA) is 78.3 Å². The van der Waals surface area contributed by atoms with E-state index in [1.807, 2.05) is 54.1 Å². The second-order valence-corrected chi connectivity index (χ2v) is 7.14. The number of fused-ring (bicyclic) bond motifs is 1. The third-order valence-corrected chi connectivity index (χ3v) is 5.17. The summed E-state index contributed by atoms with van der Waals surface area (Å²) < 4.78 is 12.6. The number of rotatable bonds is 5. The Morgan fingerprint density at radius 3 is 2.93 bits per heavy atom. The Bertz CT molecular complexity index is 1140. The summed E-state index contributed by atoms with van der Waals surface area (Å²) in [7, 11) is 3.55. The number of thiazole rings is 1. The minimum absolute atomic E-state index is 0.163. The van der Waals surface area contributed by atoms with Crippen molar-refractivity contribution in [3.05, 3.63) is 60.6 Å². The van der Waals surface area contributed by atoms with Crippen LogP contribution in [0.25, 0.3) is 21.6 Å². The first kappa shape index (κ1) is 18.0. The second-order valence-electron chi connectivity index (χ2n) is 6.11. The van der Waals surface area contributed by atoms with Gasteiger partial charge in [0.15, 0.2) is 0 Å². The summed E-state index contributed by atoms with van der Waals surface area (Å²) >= 11 is 1.35. The predicted octanol–water partition coefficient (Wildman–Crippen LogP) is 4.45. The van der Waals surface area contributed by atoms with E-state index in [0.717, 1.165) is 32.9 Å². The summed E-state index contributed by atoms with van der Waals surface area (Å²) in [5, 5.41) is 4.08. The molecular formula is C20H18N4O3S. The zero-order valence-electron chi connectivity index (χ0n) is 15.4. The van der Waals surface area contributed by atoms with Crippen LogP contribution in [-0.4, -0.2) is 27.7 Å². The standard InChI is InChI=1S/C20H18N4O3S/c1-24-12-22-15-9-13(7-8-16(15)24)11-27-20(25)23-18-10-21-19(28-18)14-5-3-4-6-17(14)26-2/h3-10,12H,11H2,1-2H3,(H,23,25). The van der Waals surface area contributed by atoms with Gasteiger partial charge in [-0.3, -0.25) is 5.32 Å². The van der Waals surface area contributed by atoms with Crippen LogP contribution in [-0.2, 0) is 18.4 Å². The molecule has 0 saturated heterocycles. The Morgan fingerprint density at radius 2 is 2.07 bits per heavy atom. The average molecular weight is 394 g/mol. The van der Waals surface area contributed by atoms with Crippen molar-refractivity contribution in [3.8, 4) is 16.3 Å². The molecule has 0 atom stereocenters. The van der Waals surface area contributed by atoms with E-state index in [4.69, 9.17) is 9.47 Å². The summed E-state index contributed by atoms with van der Waals surface area (Å²) in [6, 6.07) is 13.4. The lowest BCUT2D eigenvalue weighted by Gasteiger charge is -2.06. The largest absolute Gasteiger partial charge is 0.496 e. The normalized spacial score (nSPS) is 10.8. The highest BCUT2D eigenvalue weighted by Crippen LogP contribution is 2.34. The fourth-order valence-electron chi connectivity index (χ4n) is 2.83. The minimum atomic E-state index is -0.531.